The summed E-state index contributed by atoms with van der Waals surface area (Å²) in [4.78, 5) is 15.0. The van der Waals surface area contributed by atoms with Gasteiger partial charge in [-0.25, -0.2) is 9.97 Å². The molecule has 0 saturated heterocycles. The molecule has 0 atom stereocenters. The molecule has 0 unspecified atom stereocenters. The SMILES string of the molecule is CN=C(NCc1cccnc1-n1ccnc1)N(C)Cc1cc(Cl)cn1C. The number of rotatable bonds is 5. The first-order valence-corrected chi connectivity index (χ1v) is 8.61. The van der Waals surface area contributed by atoms with Crippen molar-refractivity contribution in [3.05, 3.63) is 65.6 Å². The predicted molar refractivity (Wildman–Crippen MR) is 103 cm³/mol. The number of aryl methyl sites for hydroxylation is 1. The number of hydrogen-bond donors (Lipinski definition) is 1. The third kappa shape index (κ3) is 4.05. The van der Waals surface area contributed by atoms with Crippen LogP contribution in [0.4, 0.5) is 0 Å². The maximum atomic E-state index is 6.07. The smallest absolute Gasteiger partial charge is 0.194 e. The minimum atomic E-state index is 0.603. The van der Waals surface area contributed by atoms with Crippen LogP contribution < -0.4 is 5.32 Å². The second-order valence-corrected chi connectivity index (χ2v) is 6.41. The van der Waals surface area contributed by atoms with Gasteiger partial charge in [0.15, 0.2) is 5.96 Å². The van der Waals surface area contributed by atoms with E-state index in [0.29, 0.717) is 13.1 Å². The Bertz CT molecular complexity index is 883. The normalized spacial score (nSPS) is 11.6. The van der Waals surface area contributed by atoms with Crippen LogP contribution in [-0.4, -0.2) is 44.1 Å². The highest BCUT2D eigenvalue weighted by Gasteiger charge is 2.11. The summed E-state index contributed by atoms with van der Waals surface area (Å²) in [5.41, 5.74) is 2.17. The maximum Gasteiger partial charge on any atom is 0.194 e. The van der Waals surface area contributed by atoms with Gasteiger partial charge in [0.05, 0.1) is 11.6 Å². The summed E-state index contributed by atoms with van der Waals surface area (Å²) >= 11 is 6.07. The van der Waals surface area contributed by atoms with E-state index in [4.69, 9.17) is 11.6 Å². The fourth-order valence-electron chi connectivity index (χ4n) is 2.79. The van der Waals surface area contributed by atoms with Crippen LogP contribution in [0.5, 0.6) is 0 Å². The molecule has 0 radical (unpaired) electrons. The largest absolute Gasteiger partial charge is 0.352 e. The average Bonchev–Trinajstić information content (AvgIpc) is 3.26. The Morgan fingerprint density at radius 2 is 2.23 bits per heavy atom. The number of halogens is 1. The monoisotopic (exact) mass is 371 g/mol. The Hall–Kier alpha value is -2.80. The lowest BCUT2D eigenvalue weighted by atomic mass is 10.2. The first kappa shape index (κ1) is 18.0. The van der Waals surface area contributed by atoms with Crippen molar-refractivity contribution in [3.63, 3.8) is 0 Å². The summed E-state index contributed by atoms with van der Waals surface area (Å²) in [6.07, 6.45) is 9.04. The Kier molecular flexibility index (Phi) is 5.58. The molecule has 0 aromatic carbocycles. The zero-order valence-electron chi connectivity index (χ0n) is 15.1. The second kappa shape index (κ2) is 8.05. The fourth-order valence-corrected chi connectivity index (χ4v) is 3.06. The average molecular weight is 372 g/mol. The number of nitrogens with one attached hydrogen (secondary N) is 1. The van der Waals surface area contributed by atoms with Crippen LogP contribution in [0, 0.1) is 0 Å². The fraction of sp³-hybridized carbons (Fsp3) is 0.278. The lowest BCUT2D eigenvalue weighted by Gasteiger charge is -2.22. The zero-order valence-corrected chi connectivity index (χ0v) is 15.9. The molecule has 0 fully saturated rings. The highest BCUT2D eigenvalue weighted by Crippen LogP contribution is 2.14. The first-order chi connectivity index (χ1) is 12.6. The molecule has 8 heteroatoms. The molecule has 0 bridgehead atoms. The van der Waals surface area contributed by atoms with Crippen LogP contribution in [0.3, 0.4) is 0 Å². The minimum Gasteiger partial charge on any atom is -0.352 e. The molecule has 3 aromatic heterocycles. The third-order valence-electron chi connectivity index (χ3n) is 4.10. The first-order valence-electron chi connectivity index (χ1n) is 8.23. The molecule has 26 heavy (non-hydrogen) atoms. The van der Waals surface area contributed by atoms with Crippen LogP contribution >= 0.6 is 11.6 Å². The van der Waals surface area contributed by atoms with Crippen LogP contribution in [0.15, 0.2) is 54.3 Å². The van der Waals surface area contributed by atoms with Crippen molar-refractivity contribution in [2.75, 3.05) is 14.1 Å². The number of aliphatic imine (C=N–C) groups is 1. The van der Waals surface area contributed by atoms with E-state index in [0.717, 1.165) is 28.1 Å². The van der Waals surface area contributed by atoms with Gasteiger partial charge in [0.2, 0.25) is 0 Å². The van der Waals surface area contributed by atoms with Crippen molar-refractivity contribution in [1.29, 1.82) is 0 Å². The molecule has 1 N–H and O–H groups in total. The molecule has 0 amide bonds. The summed E-state index contributed by atoms with van der Waals surface area (Å²) in [5, 5.41) is 4.13. The number of imidazole rings is 1. The van der Waals surface area contributed by atoms with Crippen molar-refractivity contribution < 1.29 is 0 Å². The topological polar surface area (TPSA) is 63.3 Å². The van der Waals surface area contributed by atoms with E-state index in [9.17, 15) is 0 Å². The van der Waals surface area contributed by atoms with Gasteiger partial charge in [-0.1, -0.05) is 17.7 Å². The van der Waals surface area contributed by atoms with E-state index in [1.807, 2.05) is 53.8 Å². The summed E-state index contributed by atoms with van der Waals surface area (Å²) in [5.74, 6) is 1.65. The van der Waals surface area contributed by atoms with Crippen LogP contribution in [-0.2, 0) is 20.1 Å². The standard InChI is InChI=1S/C18H22ClN7/c1-20-18(25(3)12-16-9-15(19)11-24(16)2)23-10-14-5-4-6-22-17(14)26-8-7-21-13-26/h4-9,11,13H,10,12H2,1-3H3,(H,20,23). The van der Waals surface area contributed by atoms with Gasteiger partial charge < -0.3 is 14.8 Å². The zero-order chi connectivity index (χ0) is 18.5. The number of pyridine rings is 1. The van der Waals surface area contributed by atoms with Gasteiger partial charge >= 0.3 is 0 Å². The molecular formula is C18H22ClN7. The second-order valence-electron chi connectivity index (χ2n) is 5.97. The van der Waals surface area contributed by atoms with Gasteiger partial charge in [-0.3, -0.25) is 9.56 Å². The van der Waals surface area contributed by atoms with E-state index >= 15 is 0 Å². The van der Waals surface area contributed by atoms with E-state index in [-0.39, 0.29) is 0 Å². The molecular weight excluding hydrogens is 350 g/mol. The summed E-state index contributed by atoms with van der Waals surface area (Å²) in [6.45, 7) is 1.30. The van der Waals surface area contributed by atoms with Gasteiger partial charge in [0, 0.05) is 63.7 Å². The molecule has 3 heterocycles. The molecule has 0 aliphatic rings. The van der Waals surface area contributed by atoms with Crippen molar-refractivity contribution >= 4 is 17.6 Å². The van der Waals surface area contributed by atoms with Crippen molar-refractivity contribution in [2.24, 2.45) is 12.0 Å². The van der Waals surface area contributed by atoms with Gasteiger partial charge in [-0.15, -0.1) is 0 Å². The Morgan fingerprint density at radius 1 is 1.38 bits per heavy atom. The third-order valence-corrected chi connectivity index (χ3v) is 4.31. The molecule has 3 rings (SSSR count). The van der Waals surface area contributed by atoms with Gasteiger partial charge in [-0.05, 0) is 12.1 Å². The maximum absolute atomic E-state index is 6.07. The molecule has 7 nitrogen and oxygen atoms in total. The van der Waals surface area contributed by atoms with Crippen LogP contribution in [0.2, 0.25) is 5.02 Å². The number of guanidine groups is 1. The van der Waals surface area contributed by atoms with E-state index < -0.39 is 0 Å². The molecule has 0 aliphatic heterocycles. The number of nitrogens with zero attached hydrogens (tertiary/aromatic N) is 6. The highest BCUT2D eigenvalue weighted by atomic mass is 35.5. The number of aromatic nitrogens is 4. The minimum absolute atomic E-state index is 0.603. The van der Waals surface area contributed by atoms with Crippen molar-refractivity contribution in [1.82, 2.24) is 29.3 Å². The Labute approximate surface area is 158 Å². The van der Waals surface area contributed by atoms with Crippen molar-refractivity contribution in [2.45, 2.75) is 13.1 Å². The highest BCUT2D eigenvalue weighted by molar-refractivity contribution is 6.30. The quantitative estimate of drug-likeness (QED) is 0.552. The number of hydrogen-bond acceptors (Lipinski definition) is 3. The molecule has 3 aromatic rings. The summed E-state index contributed by atoms with van der Waals surface area (Å²) in [7, 11) is 5.76. The van der Waals surface area contributed by atoms with E-state index in [1.165, 1.54) is 0 Å². The van der Waals surface area contributed by atoms with Gasteiger partial charge in [0.25, 0.3) is 0 Å². The molecule has 0 aliphatic carbocycles. The van der Waals surface area contributed by atoms with Crippen molar-refractivity contribution in [3.8, 4) is 5.82 Å². The molecule has 0 saturated carbocycles. The summed E-state index contributed by atoms with van der Waals surface area (Å²) in [6, 6.07) is 5.93. The lowest BCUT2D eigenvalue weighted by molar-refractivity contribution is 0.461. The van der Waals surface area contributed by atoms with Crippen LogP contribution in [0.1, 0.15) is 11.3 Å². The molecule has 0 spiro atoms. The summed E-state index contributed by atoms with van der Waals surface area (Å²) < 4.78 is 3.92. The Morgan fingerprint density at radius 3 is 2.88 bits per heavy atom. The van der Waals surface area contributed by atoms with E-state index in [2.05, 4.69) is 25.2 Å². The van der Waals surface area contributed by atoms with Gasteiger partial charge in [-0.2, -0.15) is 0 Å². The van der Waals surface area contributed by atoms with Gasteiger partial charge in [0.1, 0.15) is 12.1 Å². The Balaban J connectivity index is 1.69. The lowest BCUT2D eigenvalue weighted by Crippen LogP contribution is -2.38. The molecule has 136 valence electrons. The van der Waals surface area contributed by atoms with E-state index in [1.54, 1.807) is 25.8 Å². The van der Waals surface area contributed by atoms with Crippen LogP contribution in [0.25, 0.3) is 5.82 Å². The predicted octanol–water partition coefficient (Wildman–Crippen LogP) is 2.47.